The maximum atomic E-state index is 12.6. The molecule has 0 saturated heterocycles. The number of hydrogen-bond acceptors (Lipinski definition) is 4. The molecule has 0 saturated carbocycles. The van der Waals surface area contributed by atoms with E-state index in [1.165, 1.54) is 7.11 Å². The molecule has 21 heavy (non-hydrogen) atoms. The lowest BCUT2D eigenvalue weighted by molar-refractivity contribution is -0.137. The normalized spacial score (nSPS) is 12.8. The Morgan fingerprint density at radius 3 is 2.38 bits per heavy atom. The number of carboxylic acids is 1. The van der Waals surface area contributed by atoms with Crippen LogP contribution in [0.15, 0.2) is 18.2 Å². The van der Waals surface area contributed by atoms with Crippen molar-refractivity contribution in [2.24, 2.45) is 0 Å². The van der Waals surface area contributed by atoms with Crippen LogP contribution in [0.2, 0.25) is 0 Å². The standard InChI is InChI=1S/C16H23NO4/c1-16(2,3)10-6-7-13(21-5)11(8-10)15(20)12(17-4)9-14(18)19/h6-8,12,17H,9H2,1-5H3,(H,18,19). The summed E-state index contributed by atoms with van der Waals surface area (Å²) in [5.41, 5.74) is 1.30. The number of carboxylic acid groups (broad SMARTS) is 1. The van der Waals surface area contributed by atoms with Gasteiger partial charge >= 0.3 is 5.97 Å². The van der Waals surface area contributed by atoms with Gasteiger partial charge in [-0.1, -0.05) is 26.8 Å². The maximum Gasteiger partial charge on any atom is 0.305 e. The molecule has 0 radical (unpaired) electrons. The van der Waals surface area contributed by atoms with E-state index in [4.69, 9.17) is 9.84 Å². The Morgan fingerprint density at radius 2 is 1.95 bits per heavy atom. The van der Waals surface area contributed by atoms with Crippen molar-refractivity contribution in [3.05, 3.63) is 29.3 Å². The second kappa shape index (κ2) is 6.72. The SMILES string of the molecule is CNC(CC(=O)O)C(=O)c1cc(C(C)(C)C)ccc1OC. The molecule has 5 nitrogen and oxygen atoms in total. The van der Waals surface area contributed by atoms with Crippen LogP contribution in [0.1, 0.15) is 43.1 Å². The average Bonchev–Trinajstić information content (AvgIpc) is 2.42. The zero-order valence-electron chi connectivity index (χ0n) is 13.2. The molecular weight excluding hydrogens is 270 g/mol. The highest BCUT2D eigenvalue weighted by atomic mass is 16.5. The quantitative estimate of drug-likeness (QED) is 0.787. The van der Waals surface area contributed by atoms with Crippen LogP contribution in [0.4, 0.5) is 0 Å². The number of aliphatic carboxylic acids is 1. The molecule has 5 heteroatoms. The Morgan fingerprint density at radius 1 is 1.33 bits per heavy atom. The predicted octanol–water partition coefficient (Wildman–Crippen LogP) is 2.24. The molecule has 0 bridgehead atoms. The van der Waals surface area contributed by atoms with Crippen molar-refractivity contribution in [2.75, 3.05) is 14.2 Å². The Bertz CT molecular complexity index is 532. The molecule has 1 rings (SSSR count). The zero-order valence-corrected chi connectivity index (χ0v) is 13.2. The van der Waals surface area contributed by atoms with Crippen molar-refractivity contribution < 1.29 is 19.4 Å². The number of likely N-dealkylation sites (N-methyl/N-ethyl adjacent to an activating group) is 1. The third-order valence-corrected chi connectivity index (χ3v) is 3.37. The second-order valence-corrected chi connectivity index (χ2v) is 5.97. The summed E-state index contributed by atoms with van der Waals surface area (Å²) in [5, 5.41) is 11.7. The summed E-state index contributed by atoms with van der Waals surface area (Å²) >= 11 is 0. The highest BCUT2D eigenvalue weighted by Crippen LogP contribution is 2.29. The third kappa shape index (κ3) is 4.29. The van der Waals surface area contributed by atoms with Crippen LogP contribution in [-0.2, 0) is 10.2 Å². The van der Waals surface area contributed by atoms with Crippen LogP contribution in [-0.4, -0.2) is 37.1 Å². The van der Waals surface area contributed by atoms with Gasteiger partial charge in [0.25, 0.3) is 0 Å². The Labute approximate surface area is 125 Å². The summed E-state index contributed by atoms with van der Waals surface area (Å²) in [5.74, 6) is -0.838. The number of carbonyl (C=O) groups is 2. The van der Waals surface area contributed by atoms with E-state index >= 15 is 0 Å². The van der Waals surface area contributed by atoms with E-state index in [2.05, 4.69) is 26.1 Å². The minimum atomic E-state index is -1.02. The first-order valence-electron chi connectivity index (χ1n) is 6.82. The molecule has 1 unspecified atom stereocenters. The molecule has 0 amide bonds. The first kappa shape index (κ1) is 17.2. The van der Waals surface area contributed by atoms with Crippen LogP contribution < -0.4 is 10.1 Å². The van der Waals surface area contributed by atoms with E-state index in [-0.39, 0.29) is 17.6 Å². The van der Waals surface area contributed by atoms with Gasteiger partial charge in [0.15, 0.2) is 5.78 Å². The number of benzene rings is 1. The van der Waals surface area contributed by atoms with Gasteiger partial charge in [-0.05, 0) is 30.2 Å². The minimum Gasteiger partial charge on any atom is -0.496 e. The highest BCUT2D eigenvalue weighted by molar-refractivity contribution is 6.04. The largest absolute Gasteiger partial charge is 0.496 e. The first-order valence-corrected chi connectivity index (χ1v) is 6.82. The Hall–Kier alpha value is -1.88. The molecule has 1 aromatic carbocycles. The topological polar surface area (TPSA) is 75.6 Å². The lowest BCUT2D eigenvalue weighted by atomic mass is 9.85. The molecule has 2 N–H and O–H groups in total. The molecule has 0 heterocycles. The van der Waals surface area contributed by atoms with Crippen molar-refractivity contribution in [2.45, 2.75) is 38.6 Å². The van der Waals surface area contributed by atoms with Crippen LogP contribution >= 0.6 is 0 Å². The molecule has 1 aromatic rings. The lowest BCUT2D eigenvalue weighted by Crippen LogP contribution is -2.36. The number of hydrogen-bond donors (Lipinski definition) is 2. The molecule has 0 spiro atoms. The number of ketones is 1. The monoisotopic (exact) mass is 293 g/mol. The molecule has 0 aliphatic rings. The smallest absolute Gasteiger partial charge is 0.305 e. The van der Waals surface area contributed by atoms with Crippen molar-refractivity contribution in [1.82, 2.24) is 5.32 Å². The lowest BCUT2D eigenvalue weighted by Gasteiger charge is -2.22. The van der Waals surface area contributed by atoms with Gasteiger partial charge in [0.05, 0.1) is 25.1 Å². The van der Waals surface area contributed by atoms with Crippen LogP contribution in [0, 0.1) is 0 Å². The third-order valence-electron chi connectivity index (χ3n) is 3.37. The van der Waals surface area contributed by atoms with Gasteiger partial charge in [0.2, 0.25) is 0 Å². The number of nitrogens with one attached hydrogen (secondary N) is 1. The minimum absolute atomic E-state index is 0.108. The van der Waals surface area contributed by atoms with Crippen molar-refractivity contribution >= 4 is 11.8 Å². The van der Waals surface area contributed by atoms with Crippen molar-refractivity contribution in [1.29, 1.82) is 0 Å². The van der Waals surface area contributed by atoms with Gasteiger partial charge < -0.3 is 15.2 Å². The molecule has 0 aromatic heterocycles. The maximum absolute atomic E-state index is 12.6. The second-order valence-electron chi connectivity index (χ2n) is 5.97. The Balaban J connectivity index is 3.25. The van der Waals surface area contributed by atoms with E-state index in [0.717, 1.165) is 5.56 Å². The number of ether oxygens (including phenoxy) is 1. The fourth-order valence-electron chi connectivity index (χ4n) is 2.06. The fraction of sp³-hybridized carbons (Fsp3) is 0.500. The van der Waals surface area contributed by atoms with Crippen LogP contribution in [0.5, 0.6) is 5.75 Å². The number of methoxy groups -OCH3 is 1. The molecule has 0 fully saturated rings. The molecule has 0 aliphatic heterocycles. The van der Waals surface area contributed by atoms with E-state index < -0.39 is 12.0 Å². The van der Waals surface area contributed by atoms with Gasteiger partial charge in [0.1, 0.15) is 5.75 Å². The van der Waals surface area contributed by atoms with Crippen molar-refractivity contribution in [3.8, 4) is 5.75 Å². The van der Waals surface area contributed by atoms with Crippen LogP contribution in [0.25, 0.3) is 0 Å². The zero-order chi connectivity index (χ0) is 16.2. The molecule has 116 valence electrons. The summed E-state index contributed by atoms with van der Waals surface area (Å²) < 4.78 is 5.24. The number of carbonyl (C=O) groups excluding carboxylic acids is 1. The van der Waals surface area contributed by atoms with Crippen LogP contribution in [0.3, 0.4) is 0 Å². The van der Waals surface area contributed by atoms with E-state index in [0.29, 0.717) is 11.3 Å². The van der Waals surface area contributed by atoms with Gasteiger partial charge in [-0.15, -0.1) is 0 Å². The van der Waals surface area contributed by atoms with Gasteiger partial charge in [-0.3, -0.25) is 9.59 Å². The Kier molecular flexibility index (Phi) is 5.49. The van der Waals surface area contributed by atoms with E-state index in [1.54, 1.807) is 19.2 Å². The average molecular weight is 293 g/mol. The fourth-order valence-corrected chi connectivity index (χ4v) is 2.06. The number of Topliss-reactive ketones (excluding diaryl/α,β-unsaturated/α-hetero) is 1. The summed E-state index contributed by atoms with van der Waals surface area (Å²) in [6.45, 7) is 6.15. The molecular formula is C16H23NO4. The van der Waals surface area contributed by atoms with Crippen molar-refractivity contribution in [3.63, 3.8) is 0 Å². The van der Waals surface area contributed by atoms with E-state index in [9.17, 15) is 9.59 Å². The molecule has 0 aliphatic carbocycles. The predicted molar refractivity (Wildman–Crippen MR) is 81.1 cm³/mol. The first-order chi connectivity index (χ1) is 9.70. The van der Waals surface area contributed by atoms with E-state index in [1.807, 2.05) is 6.07 Å². The summed E-state index contributed by atoms with van der Waals surface area (Å²) in [6.07, 6.45) is -0.266. The molecule has 1 atom stereocenters. The van der Waals surface area contributed by atoms with Gasteiger partial charge in [-0.2, -0.15) is 0 Å². The summed E-state index contributed by atoms with van der Waals surface area (Å²) in [6, 6.07) is 4.68. The highest BCUT2D eigenvalue weighted by Gasteiger charge is 2.25. The number of rotatable bonds is 6. The van der Waals surface area contributed by atoms with Gasteiger partial charge in [-0.25, -0.2) is 0 Å². The van der Waals surface area contributed by atoms with Gasteiger partial charge in [0, 0.05) is 0 Å². The summed E-state index contributed by atoms with van der Waals surface area (Å²) in [4.78, 5) is 23.4. The summed E-state index contributed by atoms with van der Waals surface area (Å²) in [7, 11) is 3.07.